The van der Waals surface area contributed by atoms with Crippen LogP contribution in [0.2, 0.25) is 0 Å². The maximum absolute atomic E-state index is 13.5. The van der Waals surface area contributed by atoms with Crippen molar-refractivity contribution in [3.8, 4) is 11.5 Å². The molecule has 0 aliphatic carbocycles. The van der Waals surface area contributed by atoms with Gasteiger partial charge < -0.3 is 18.9 Å². The predicted octanol–water partition coefficient (Wildman–Crippen LogP) is 2.25. The summed E-state index contributed by atoms with van der Waals surface area (Å²) in [5, 5.41) is 0. The second kappa shape index (κ2) is 9.97. The topological polar surface area (TPSA) is 108 Å². The van der Waals surface area contributed by atoms with Crippen molar-refractivity contribution >= 4 is 27.6 Å². The van der Waals surface area contributed by atoms with E-state index in [0.29, 0.717) is 5.75 Å². The van der Waals surface area contributed by atoms with Gasteiger partial charge in [0.25, 0.3) is 10.0 Å². The minimum absolute atomic E-state index is 0.00713. The Labute approximate surface area is 175 Å². The van der Waals surface area contributed by atoms with E-state index in [1.54, 1.807) is 19.1 Å². The zero-order valence-electron chi connectivity index (χ0n) is 17.1. The number of anilines is 1. The highest BCUT2D eigenvalue weighted by molar-refractivity contribution is 7.92. The SMILES string of the molecule is CCOC(=O)c1ccccc1N(CC(=O)OC)S(=O)(=O)c1ccc(OC)c(OC)c1. The van der Waals surface area contributed by atoms with Gasteiger partial charge in [0.15, 0.2) is 11.5 Å². The van der Waals surface area contributed by atoms with E-state index in [-0.39, 0.29) is 28.5 Å². The van der Waals surface area contributed by atoms with Crippen LogP contribution >= 0.6 is 0 Å². The lowest BCUT2D eigenvalue weighted by atomic mass is 10.2. The summed E-state index contributed by atoms with van der Waals surface area (Å²) in [6.07, 6.45) is 0. The zero-order chi connectivity index (χ0) is 22.3. The quantitative estimate of drug-likeness (QED) is 0.550. The van der Waals surface area contributed by atoms with Crippen LogP contribution in [0.15, 0.2) is 47.4 Å². The number of benzene rings is 2. The van der Waals surface area contributed by atoms with Crippen LogP contribution in [-0.2, 0) is 24.3 Å². The van der Waals surface area contributed by atoms with Crippen molar-refractivity contribution in [3.05, 3.63) is 48.0 Å². The number of carbonyl (C=O) groups is 2. The molecule has 10 heteroatoms. The van der Waals surface area contributed by atoms with E-state index >= 15 is 0 Å². The van der Waals surface area contributed by atoms with Gasteiger partial charge >= 0.3 is 11.9 Å². The van der Waals surface area contributed by atoms with Crippen LogP contribution in [0, 0.1) is 0 Å². The molecule has 0 amide bonds. The summed E-state index contributed by atoms with van der Waals surface area (Å²) in [5.41, 5.74) is -0.0246. The standard InChI is InChI=1S/C20H23NO8S/c1-5-29-20(23)15-8-6-7-9-16(15)21(13-19(22)28-4)30(24,25)14-10-11-17(26-2)18(12-14)27-3/h6-12H,5,13H2,1-4H3. The van der Waals surface area contributed by atoms with Gasteiger partial charge in [-0.15, -0.1) is 0 Å². The molecule has 0 N–H and O–H groups in total. The van der Waals surface area contributed by atoms with E-state index in [0.717, 1.165) is 11.4 Å². The molecule has 0 aliphatic rings. The molecule has 162 valence electrons. The molecular weight excluding hydrogens is 414 g/mol. The van der Waals surface area contributed by atoms with Gasteiger partial charge in [0, 0.05) is 6.07 Å². The fraction of sp³-hybridized carbons (Fsp3) is 0.300. The Kier molecular flexibility index (Phi) is 7.65. The van der Waals surface area contributed by atoms with Crippen molar-refractivity contribution < 1.29 is 37.0 Å². The number of para-hydroxylation sites is 1. The molecule has 2 rings (SSSR count). The van der Waals surface area contributed by atoms with E-state index in [1.807, 2.05) is 0 Å². The first-order valence-corrected chi connectivity index (χ1v) is 10.3. The molecule has 0 aliphatic heterocycles. The molecule has 0 fully saturated rings. The predicted molar refractivity (Wildman–Crippen MR) is 108 cm³/mol. The van der Waals surface area contributed by atoms with E-state index in [9.17, 15) is 18.0 Å². The largest absolute Gasteiger partial charge is 0.493 e. The van der Waals surface area contributed by atoms with Crippen LogP contribution in [0.5, 0.6) is 11.5 Å². The van der Waals surface area contributed by atoms with Crippen LogP contribution in [0.4, 0.5) is 5.69 Å². The van der Waals surface area contributed by atoms with Crippen molar-refractivity contribution in [1.82, 2.24) is 0 Å². The molecule has 0 saturated carbocycles. The number of rotatable bonds is 9. The van der Waals surface area contributed by atoms with Crippen molar-refractivity contribution in [2.45, 2.75) is 11.8 Å². The fourth-order valence-electron chi connectivity index (χ4n) is 2.66. The van der Waals surface area contributed by atoms with E-state index in [2.05, 4.69) is 4.74 Å². The van der Waals surface area contributed by atoms with Gasteiger partial charge in [-0.25, -0.2) is 13.2 Å². The Hall–Kier alpha value is -3.27. The van der Waals surface area contributed by atoms with Crippen LogP contribution in [-0.4, -0.2) is 54.8 Å². The summed E-state index contributed by atoms with van der Waals surface area (Å²) in [6, 6.07) is 9.95. The van der Waals surface area contributed by atoms with E-state index < -0.39 is 28.5 Å². The lowest BCUT2D eigenvalue weighted by Gasteiger charge is -2.25. The molecule has 0 aromatic heterocycles. The third kappa shape index (κ3) is 4.82. The number of ether oxygens (including phenoxy) is 4. The summed E-state index contributed by atoms with van der Waals surface area (Å²) < 4.78 is 47.7. The van der Waals surface area contributed by atoms with Crippen LogP contribution in [0.3, 0.4) is 0 Å². The number of hydrogen-bond donors (Lipinski definition) is 0. The fourth-order valence-corrected chi connectivity index (χ4v) is 4.10. The van der Waals surface area contributed by atoms with Gasteiger partial charge in [0.05, 0.1) is 44.1 Å². The molecule has 0 atom stereocenters. The first-order valence-electron chi connectivity index (χ1n) is 8.87. The Morgan fingerprint density at radius 2 is 1.63 bits per heavy atom. The van der Waals surface area contributed by atoms with Crippen LogP contribution in [0.25, 0.3) is 0 Å². The Morgan fingerprint density at radius 3 is 2.23 bits per heavy atom. The second-order valence-corrected chi connectivity index (χ2v) is 7.70. The van der Waals surface area contributed by atoms with Crippen LogP contribution in [0.1, 0.15) is 17.3 Å². The zero-order valence-corrected chi connectivity index (χ0v) is 17.9. The normalized spacial score (nSPS) is 10.8. The van der Waals surface area contributed by atoms with Gasteiger partial charge in [0.1, 0.15) is 6.54 Å². The van der Waals surface area contributed by atoms with Crippen molar-refractivity contribution in [1.29, 1.82) is 0 Å². The summed E-state index contributed by atoms with van der Waals surface area (Å²) in [7, 11) is -0.366. The van der Waals surface area contributed by atoms with Gasteiger partial charge in [-0.3, -0.25) is 9.10 Å². The lowest BCUT2D eigenvalue weighted by molar-refractivity contribution is -0.138. The monoisotopic (exact) mass is 437 g/mol. The number of methoxy groups -OCH3 is 3. The molecule has 0 saturated heterocycles. The summed E-state index contributed by atoms with van der Waals surface area (Å²) in [4.78, 5) is 24.2. The van der Waals surface area contributed by atoms with Gasteiger partial charge in [0.2, 0.25) is 0 Å². The number of nitrogens with zero attached hydrogens (tertiary/aromatic N) is 1. The molecule has 30 heavy (non-hydrogen) atoms. The lowest BCUT2D eigenvalue weighted by Crippen LogP contribution is -2.37. The van der Waals surface area contributed by atoms with Gasteiger partial charge in [-0.1, -0.05) is 12.1 Å². The molecule has 0 radical (unpaired) electrons. The van der Waals surface area contributed by atoms with E-state index in [4.69, 9.17) is 14.2 Å². The van der Waals surface area contributed by atoms with Crippen molar-refractivity contribution in [2.24, 2.45) is 0 Å². The first kappa shape index (κ1) is 23.0. The van der Waals surface area contributed by atoms with E-state index in [1.165, 1.54) is 44.6 Å². The Morgan fingerprint density at radius 1 is 0.967 bits per heavy atom. The smallest absolute Gasteiger partial charge is 0.340 e. The summed E-state index contributed by atoms with van der Waals surface area (Å²) >= 11 is 0. The molecule has 0 unspecified atom stereocenters. The Bertz CT molecular complexity index is 1020. The Balaban J connectivity index is 2.66. The maximum atomic E-state index is 13.5. The third-order valence-corrected chi connectivity index (χ3v) is 5.87. The average molecular weight is 437 g/mol. The maximum Gasteiger partial charge on any atom is 0.340 e. The van der Waals surface area contributed by atoms with Crippen LogP contribution < -0.4 is 13.8 Å². The molecule has 0 bridgehead atoms. The number of esters is 2. The first-order chi connectivity index (χ1) is 14.3. The molecule has 9 nitrogen and oxygen atoms in total. The minimum atomic E-state index is -4.30. The average Bonchev–Trinajstić information content (AvgIpc) is 2.76. The molecule has 2 aromatic carbocycles. The summed E-state index contributed by atoms with van der Waals surface area (Å²) in [5.74, 6) is -0.999. The number of carbonyl (C=O) groups excluding carboxylic acids is 2. The van der Waals surface area contributed by atoms with Crippen molar-refractivity contribution in [3.63, 3.8) is 0 Å². The molecular formula is C20H23NO8S. The van der Waals surface area contributed by atoms with Gasteiger partial charge in [-0.05, 0) is 31.2 Å². The number of hydrogen-bond acceptors (Lipinski definition) is 8. The second-order valence-electron chi connectivity index (χ2n) is 5.84. The highest BCUT2D eigenvalue weighted by Crippen LogP contribution is 2.33. The molecule has 2 aromatic rings. The summed E-state index contributed by atoms with van der Waals surface area (Å²) in [6.45, 7) is 1.09. The van der Waals surface area contributed by atoms with Gasteiger partial charge in [-0.2, -0.15) is 0 Å². The molecule has 0 spiro atoms. The third-order valence-electron chi connectivity index (χ3n) is 4.11. The number of sulfonamides is 1. The highest BCUT2D eigenvalue weighted by Gasteiger charge is 2.31. The molecule has 0 heterocycles. The van der Waals surface area contributed by atoms with Crippen molar-refractivity contribution in [2.75, 3.05) is 38.8 Å². The minimum Gasteiger partial charge on any atom is -0.493 e. The highest BCUT2D eigenvalue weighted by atomic mass is 32.2.